The van der Waals surface area contributed by atoms with Gasteiger partial charge in [0.25, 0.3) is 0 Å². The molecule has 1 aromatic carbocycles. The van der Waals surface area contributed by atoms with Crippen LogP contribution in [-0.2, 0) is 0 Å². The molecule has 1 aromatic rings. The lowest BCUT2D eigenvalue weighted by Crippen LogP contribution is -2.13. The van der Waals surface area contributed by atoms with Crippen LogP contribution in [-0.4, -0.2) is 5.11 Å². The zero-order valence-electron chi connectivity index (χ0n) is 12.0. The van der Waals surface area contributed by atoms with Crippen molar-refractivity contribution in [2.45, 2.75) is 59.5 Å². The van der Waals surface area contributed by atoms with E-state index in [1.165, 1.54) is 11.1 Å². The number of aliphatic hydroxyl groups excluding tert-OH is 1. The van der Waals surface area contributed by atoms with Crippen molar-refractivity contribution in [2.75, 3.05) is 0 Å². The summed E-state index contributed by atoms with van der Waals surface area (Å²) in [4.78, 5) is 0. The molecule has 18 heavy (non-hydrogen) atoms. The highest BCUT2D eigenvalue weighted by atomic mass is 35.5. The molecular weight excluding hydrogens is 244 g/mol. The molecule has 1 N–H and O–H groups in total. The Morgan fingerprint density at radius 3 is 2.06 bits per heavy atom. The van der Waals surface area contributed by atoms with E-state index in [2.05, 4.69) is 20.8 Å². The van der Waals surface area contributed by atoms with Crippen LogP contribution >= 0.6 is 11.6 Å². The predicted octanol–water partition coefficient (Wildman–Crippen LogP) is 5.21. The van der Waals surface area contributed by atoms with E-state index in [0.717, 1.165) is 31.2 Å². The van der Waals surface area contributed by atoms with Gasteiger partial charge in [0.15, 0.2) is 0 Å². The fourth-order valence-electron chi connectivity index (χ4n) is 2.49. The minimum absolute atomic E-state index is 0.319. The van der Waals surface area contributed by atoms with Crippen LogP contribution in [0, 0.1) is 19.8 Å². The minimum atomic E-state index is -0.434. The minimum Gasteiger partial charge on any atom is -0.388 e. The van der Waals surface area contributed by atoms with Crippen molar-refractivity contribution in [3.05, 3.63) is 33.8 Å². The van der Waals surface area contributed by atoms with E-state index >= 15 is 0 Å². The summed E-state index contributed by atoms with van der Waals surface area (Å²) in [5.41, 5.74) is 3.27. The Labute approximate surface area is 116 Å². The first-order chi connectivity index (χ1) is 8.51. The van der Waals surface area contributed by atoms with Crippen molar-refractivity contribution in [2.24, 2.45) is 5.92 Å². The van der Waals surface area contributed by atoms with Crippen molar-refractivity contribution in [3.8, 4) is 0 Å². The molecule has 0 bridgehead atoms. The molecule has 0 spiro atoms. The van der Waals surface area contributed by atoms with Crippen LogP contribution in [0.1, 0.15) is 62.3 Å². The van der Waals surface area contributed by atoms with Crippen molar-refractivity contribution < 1.29 is 5.11 Å². The Balaban J connectivity index is 3.00. The summed E-state index contributed by atoms with van der Waals surface area (Å²) in [7, 11) is 0. The van der Waals surface area contributed by atoms with E-state index in [0.29, 0.717) is 10.9 Å². The molecule has 0 aliphatic rings. The molecule has 0 fully saturated rings. The number of aryl methyl sites for hydroxylation is 2. The molecule has 1 rings (SSSR count). The van der Waals surface area contributed by atoms with E-state index < -0.39 is 6.10 Å². The molecule has 102 valence electrons. The van der Waals surface area contributed by atoms with Gasteiger partial charge in [0.2, 0.25) is 0 Å². The first-order valence-electron chi connectivity index (χ1n) is 6.95. The summed E-state index contributed by atoms with van der Waals surface area (Å²) < 4.78 is 0. The van der Waals surface area contributed by atoms with Crippen LogP contribution in [0.4, 0.5) is 0 Å². The van der Waals surface area contributed by atoms with Crippen molar-refractivity contribution in [3.63, 3.8) is 0 Å². The SMILES string of the molecule is CCCC(CCC)C(O)c1cc(C)c(C)cc1Cl. The monoisotopic (exact) mass is 268 g/mol. The molecule has 0 amide bonds. The molecular formula is C16H25ClO. The normalized spacial score (nSPS) is 13.1. The average Bonchev–Trinajstić information content (AvgIpc) is 2.33. The largest absolute Gasteiger partial charge is 0.388 e. The van der Waals surface area contributed by atoms with Gasteiger partial charge in [-0.1, -0.05) is 44.4 Å². The first-order valence-corrected chi connectivity index (χ1v) is 7.33. The lowest BCUT2D eigenvalue weighted by molar-refractivity contribution is 0.0965. The van der Waals surface area contributed by atoms with Gasteiger partial charge in [-0.3, -0.25) is 0 Å². The molecule has 0 aliphatic heterocycles. The maximum Gasteiger partial charge on any atom is 0.0832 e. The summed E-state index contributed by atoms with van der Waals surface area (Å²) in [6, 6.07) is 4.01. The van der Waals surface area contributed by atoms with Gasteiger partial charge in [-0.15, -0.1) is 0 Å². The van der Waals surface area contributed by atoms with Crippen LogP contribution in [0.5, 0.6) is 0 Å². The lowest BCUT2D eigenvalue weighted by Gasteiger charge is -2.24. The van der Waals surface area contributed by atoms with Gasteiger partial charge < -0.3 is 5.11 Å². The highest BCUT2D eigenvalue weighted by Gasteiger charge is 2.22. The Bertz CT molecular complexity index is 381. The summed E-state index contributed by atoms with van der Waals surface area (Å²) in [6.07, 6.45) is 3.88. The number of hydrogen-bond acceptors (Lipinski definition) is 1. The third kappa shape index (κ3) is 3.73. The Morgan fingerprint density at radius 2 is 1.56 bits per heavy atom. The topological polar surface area (TPSA) is 20.2 Å². The predicted molar refractivity (Wildman–Crippen MR) is 79.2 cm³/mol. The van der Waals surface area contributed by atoms with Gasteiger partial charge in [0.1, 0.15) is 0 Å². The van der Waals surface area contributed by atoms with E-state index in [-0.39, 0.29) is 0 Å². The maximum atomic E-state index is 10.6. The zero-order valence-corrected chi connectivity index (χ0v) is 12.7. The summed E-state index contributed by atoms with van der Waals surface area (Å²) in [6.45, 7) is 8.44. The number of halogens is 1. The number of hydrogen-bond donors (Lipinski definition) is 1. The fraction of sp³-hybridized carbons (Fsp3) is 0.625. The van der Waals surface area contributed by atoms with Crippen molar-refractivity contribution >= 4 is 11.6 Å². The molecule has 1 atom stereocenters. The summed E-state index contributed by atoms with van der Waals surface area (Å²) in [5.74, 6) is 0.319. The Hall–Kier alpha value is -0.530. The van der Waals surface area contributed by atoms with Gasteiger partial charge in [-0.25, -0.2) is 0 Å². The first kappa shape index (κ1) is 15.5. The molecule has 0 heterocycles. The van der Waals surface area contributed by atoms with Crippen LogP contribution in [0.15, 0.2) is 12.1 Å². The van der Waals surface area contributed by atoms with E-state index in [1.54, 1.807) is 0 Å². The van der Waals surface area contributed by atoms with Gasteiger partial charge in [-0.2, -0.15) is 0 Å². The second-order valence-electron chi connectivity index (χ2n) is 5.24. The molecule has 2 heteroatoms. The van der Waals surface area contributed by atoms with Crippen LogP contribution in [0.25, 0.3) is 0 Å². The van der Waals surface area contributed by atoms with Crippen molar-refractivity contribution in [1.29, 1.82) is 0 Å². The third-order valence-electron chi connectivity index (χ3n) is 3.70. The lowest BCUT2D eigenvalue weighted by atomic mass is 9.87. The zero-order chi connectivity index (χ0) is 13.7. The molecule has 0 aromatic heterocycles. The average molecular weight is 269 g/mol. The second-order valence-corrected chi connectivity index (χ2v) is 5.65. The highest BCUT2D eigenvalue weighted by molar-refractivity contribution is 6.31. The fourth-order valence-corrected chi connectivity index (χ4v) is 2.82. The van der Waals surface area contributed by atoms with Crippen LogP contribution < -0.4 is 0 Å². The van der Waals surface area contributed by atoms with Gasteiger partial charge in [-0.05, 0) is 55.4 Å². The molecule has 0 radical (unpaired) electrons. The number of aliphatic hydroxyl groups is 1. The quantitative estimate of drug-likeness (QED) is 0.751. The molecule has 0 saturated carbocycles. The molecule has 1 nitrogen and oxygen atoms in total. The van der Waals surface area contributed by atoms with Crippen LogP contribution in [0.2, 0.25) is 5.02 Å². The number of rotatable bonds is 6. The van der Waals surface area contributed by atoms with Crippen molar-refractivity contribution in [1.82, 2.24) is 0 Å². The van der Waals surface area contributed by atoms with E-state index in [4.69, 9.17) is 11.6 Å². The van der Waals surface area contributed by atoms with Gasteiger partial charge >= 0.3 is 0 Å². The molecule has 0 saturated heterocycles. The molecule has 1 unspecified atom stereocenters. The number of benzene rings is 1. The van der Waals surface area contributed by atoms with Gasteiger partial charge in [0, 0.05) is 5.02 Å². The standard InChI is InChI=1S/C16H25ClO/c1-5-7-13(8-6-2)16(18)14-9-11(3)12(4)10-15(14)17/h9-10,13,16,18H,5-8H2,1-4H3. The second kappa shape index (κ2) is 7.16. The highest BCUT2D eigenvalue weighted by Crippen LogP contribution is 2.34. The maximum absolute atomic E-state index is 10.6. The Kier molecular flexibility index (Phi) is 6.17. The van der Waals surface area contributed by atoms with Crippen LogP contribution in [0.3, 0.4) is 0 Å². The smallest absolute Gasteiger partial charge is 0.0832 e. The summed E-state index contributed by atoms with van der Waals surface area (Å²) in [5, 5.41) is 11.3. The van der Waals surface area contributed by atoms with E-state index in [1.807, 2.05) is 19.1 Å². The molecule has 0 aliphatic carbocycles. The summed E-state index contributed by atoms with van der Waals surface area (Å²) >= 11 is 6.28. The van der Waals surface area contributed by atoms with Gasteiger partial charge in [0.05, 0.1) is 6.10 Å². The van der Waals surface area contributed by atoms with E-state index in [9.17, 15) is 5.11 Å². The third-order valence-corrected chi connectivity index (χ3v) is 4.02. The Morgan fingerprint density at radius 1 is 1.06 bits per heavy atom.